The van der Waals surface area contributed by atoms with E-state index in [4.69, 9.17) is 28.0 Å². The molecule has 0 radical (unpaired) electrons. The predicted octanol–water partition coefficient (Wildman–Crippen LogP) is 7.19. The molecule has 1 aromatic carbocycles. The summed E-state index contributed by atoms with van der Waals surface area (Å²) >= 11 is 13.4. The van der Waals surface area contributed by atoms with Gasteiger partial charge in [-0.3, -0.25) is 9.78 Å². The molecule has 0 amide bonds. The maximum atomic E-state index is 9.06. The molecule has 3 heterocycles. The van der Waals surface area contributed by atoms with Crippen molar-refractivity contribution in [3.63, 3.8) is 0 Å². The zero-order valence-electron chi connectivity index (χ0n) is 17.6. The standard InChI is InChI=1S/C11H8ClN.C8H10ClNS.C3H4O.C2H6/c12-11-6-10(7-13-8-11)9-4-2-1-3-5-9;1-10-3-2-6-4-8(9)11-7(6)5-10;1-2-3-4;1-2/h1-8H;4H,2-3,5H2,1H3;2-3H,1H2;1-2H3. The lowest BCUT2D eigenvalue weighted by molar-refractivity contribution is -0.104. The smallest absolute Gasteiger partial charge is 0.142 e. The van der Waals surface area contributed by atoms with Crippen LogP contribution in [0.4, 0.5) is 0 Å². The second-order valence-electron chi connectivity index (χ2n) is 6.12. The van der Waals surface area contributed by atoms with Crippen LogP contribution < -0.4 is 0 Å². The zero-order valence-corrected chi connectivity index (χ0v) is 20.0. The van der Waals surface area contributed by atoms with Crippen LogP contribution in [-0.2, 0) is 17.8 Å². The largest absolute Gasteiger partial charge is 0.301 e. The third-order valence-electron chi connectivity index (χ3n) is 3.95. The Balaban J connectivity index is 0.000000241. The van der Waals surface area contributed by atoms with Gasteiger partial charge in [0.25, 0.3) is 0 Å². The lowest BCUT2D eigenvalue weighted by atomic mass is 10.1. The number of pyridine rings is 1. The molecule has 0 atom stereocenters. The van der Waals surface area contributed by atoms with E-state index in [1.54, 1.807) is 23.7 Å². The van der Waals surface area contributed by atoms with Crippen LogP contribution in [0.1, 0.15) is 24.3 Å². The van der Waals surface area contributed by atoms with Crippen molar-refractivity contribution in [2.75, 3.05) is 13.6 Å². The molecular formula is C24H28Cl2N2OS. The molecular weight excluding hydrogens is 435 g/mol. The van der Waals surface area contributed by atoms with E-state index in [0.717, 1.165) is 28.4 Å². The summed E-state index contributed by atoms with van der Waals surface area (Å²) in [5, 5.41) is 0.668. The average Bonchev–Trinajstić information content (AvgIpc) is 3.15. The summed E-state index contributed by atoms with van der Waals surface area (Å²) in [6, 6.07) is 14.1. The van der Waals surface area contributed by atoms with E-state index in [9.17, 15) is 0 Å². The molecule has 2 aromatic heterocycles. The molecule has 4 rings (SSSR count). The molecule has 160 valence electrons. The van der Waals surface area contributed by atoms with Gasteiger partial charge in [0, 0.05) is 35.9 Å². The molecule has 30 heavy (non-hydrogen) atoms. The van der Waals surface area contributed by atoms with Gasteiger partial charge < -0.3 is 4.90 Å². The van der Waals surface area contributed by atoms with Crippen molar-refractivity contribution in [1.82, 2.24) is 9.88 Å². The quantitative estimate of drug-likeness (QED) is 0.298. The molecule has 6 heteroatoms. The maximum Gasteiger partial charge on any atom is 0.142 e. The fourth-order valence-corrected chi connectivity index (χ4v) is 4.21. The van der Waals surface area contributed by atoms with Gasteiger partial charge >= 0.3 is 0 Å². The Bertz CT molecular complexity index is 891. The fraction of sp³-hybridized carbons (Fsp3) is 0.250. The summed E-state index contributed by atoms with van der Waals surface area (Å²) in [7, 11) is 2.15. The number of aldehydes is 1. The number of likely N-dealkylation sites (N-methyl/N-ethyl adjacent to an activating group) is 1. The number of allylic oxidation sites excluding steroid dienone is 1. The number of carbonyl (C=O) groups excluding carboxylic acids is 1. The summed E-state index contributed by atoms with van der Waals surface area (Å²) < 4.78 is 0.935. The molecule has 1 aliphatic heterocycles. The molecule has 1 aliphatic rings. The van der Waals surface area contributed by atoms with E-state index in [2.05, 4.69) is 29.6 Å². The van der Waals surface area contributed by atoms with Gasteiger partial charge in [-0.05, 0) is 42.8 Å². The Hall–Kier alpha value is -1.98. The number of benzene rings is 1. The molecule has 0 saturated carbocycles. The highest BCUT2D eigenvalue weighted by Crippen LogP contribution is 2.30. The summed E-state index contributed by atoms with van der Waals surface area (Å²) in [5.41, 5.74) is 3.64. The molecule has 0 N–H and O–H groups in total. The second-order valence-corrected chi connectivity index (χ2v) is 8.32. The minimum atomic E-state index is 0.639. The van der Waals surface area contributed by atoms with Crippen LogP contribution in [0.25, 0.3) is 11.1 Å². The van der Waals surface area contributed by atoms with Crippen LogP contribution in [0.5, 0.6) is 0 Å². The number of nitrogens with zero attached hydrogens (tertiary/aromatic N) is 2. The molecule has 0 aliphatic carbocycles. The molecule has 3 nitrogen and oxygen atoms in total. The number of aromatic nitrogens is 1. The summed E-state index contributed by atoms with van der Waals surface area (Å²) in [6.07, 6.45) is 6.43. The Morgan fingerprint density at radius 2 is 1.77 bits per heavy atom. The minimum Gasteiger partial charge on any atom is -0.301 e. The lowest BCUT2D eigenvalue weighted by Gasteiger charge is -2.21. The maximum absolute atomic E-state index is 9.06. The van der Waals surface area contributed by atoms with Gasteiger partial charge in [0.05, 0.1) is 9.36 Å². The number of hydrogen-bond acceptors (Lipinski definition) is 4. The highest BCUT2D eigenvalue weighted by molar-refractivity contribution is 7.16. The van der Waals surface area contributed by atoms with E-state index < -0.39 is 0 Å². The predicted molar refractivity (Wildman–Crippen MR) is 132 cm³/mol. The molecule has 0 spiro atoms. The number of thiophene rings is 1. The number of halogens is 2. The Labute approximate surface area is 194 Å². The van der Waals surface area contributed by atoms with E-state index in [1.807, 2.05) is 50.2 Å². The summed E-state index contributed by atoms with van der Waals surface area (Å²) in [4.78, 5) is 16.9. The van der Waals surface area contributed by atoms with Gasteiger partial charge in [-0.25, -0.2) is 0 Å². The summed E-state index contributed by atoms with van der Waals surface area (Å²) in [5.74, 6) is 0. The van der Waals surface area contributed by atoms with Crippen molar-refractivity contribution in [1.29, 1.82) is 0 Å². The highest BCUT2D eigenvalue weighted by atomic mass is 35.5. The second kappa shape index (κ2) is 14.9. The van der Waals surface area contributed by atoms with E-state index in [1.165, 1.54) is 23.1 Å². The third-order valence-corrected chi connectivity index (χ3v) is 5.45. The zero-order chi connectivity index (χ0) is 22.4. The molecule has 0 bridgehead atoms. The van der Waals surface area contributed by atoms with Crippen molar-refractivity contribution in [2.45, 2.75) is 26.8 Å². The SMILES string of the molecule is C=CC=O.CC.CN1CCc2cc(Cl)sc2C1.Clc1cncc(-c2ccccc2)c1. The van der Waals surface area contributed by atoms with Crippen molar-refractivity contribution in [3.8, 4) is 11.1 Å². The number of rotatable bonds is 2. The van der Waals surface area contributed by atoms with E-state index in [-0.39, 0.29) is 0 Å². The Kier molecular flexibility index (Phi) is 13.0. The molecule has 0 fully saturated rings. The van der Waals surface area contributed by atoms with Crippen LogP contribution >= 0.6 is 34.5 Å². The Morgan fingerprint density at radius 3 is 2.37 bits per heavy atom. The normalized spacial score (nSPS) is 11.9. The number of hydrogen-bond donors (Lipinski definition) is 0. The number of fused-ring (bicyclic) bond motifs is 1. The van der Waals surface area contributed by atoms with Crippen LogP contribution in [0, 0.1) is 0 Å². The van der Waals surface area contributed by atoms with Gasteiger partial charge in [0.15, 0.2) is 0 Å². The van der Waals surface area contributed by atoms with Gasteiger partial charge in [-0.1, -0.05) is 74.0 Å². The molecule has 0 saturated heterocycles. The van der Waals surface area contributed by atoms with Crippen molar-refractivity contribution >= 4 is 40.8 Å². The van der Waals surface area contributed by atoms with Crippen LogP contribution in [0.3, 0.4) is 0 Å². The van der Waals surface area contributed by atoms with E-state index >= 15 is 0 Å². The molecule has 3 aromatic rings. The summed E-state index contributed by atoms with van der Waals surface area (Å²) in [6.45, 7) is 9.35. The van der Waals surface area contributed by atoms with Gasteiger partial charge in [0.1, 0.15) is 6.29 Å². The first-order valence-corrected chi connectivity index (χ1v) is 11.3. The number of carbonyl (C=O) groups is 1. The average molecular weight is 463 g/mol. The van der Waals surface area contributed by atoms with Crippen molar-refractivity contribution in [3.05, 3.63) is 87.3 Å². The topological polar surface area (TPSA) is 33.2 Å². The first-order chi connectivity index (χ1) is 14.5. The fourth-order valence-electron chi connectivity index (χ4n) is 2.61. The monoisotopic (exact) mass is 462 g/mol. The van der Waals surface area contributed by atoms with Crippen LogP contribution in [-0.4, -0.2) is 29.8 Å². The van der Waals surface area contributed by atoms with Gasteiger partial charge in [0.2, 0.25) is 0 Å². The molecule has 0 unspecified atom stereocenters. The van der Waals surface area contributed by atoms with Crippen LogP contribution in [0.15, 0.2) is 67.5 Å². The van der Waals surface area contributed by atoms with Crippen LogP contribution in [0.2, 0.25) is 9.36 Å². The minimum absolute atomic E-state index is 0.639. The first kappa shape index (κ1) is 26.1. The highest BCUT2D eigenvalue weighted by Gasteiger charge is 2.15. The van der Waals surface area contributed by atoms with E-state index in [0.29, 0.717) is 11.3 Å². The third kappa shape index (κ3) is 9.23. The van der Waals surface area contributed by atoms with Crippen molar-refractivity contribution < 1.29 is 4.79 Å². The Morgan fingerprint density at radius 1 is 1.10 bits per heavy atom. The van der Waals surface area contributed by atoms with Gasteiger partial charge in [-0.2, -0.15) is 0 Å². The van der Waals surface area contributed by atoms with Gasteiger partial charge in [-0.15, -0.1) is 11.3 Å². The lowest BCUT2D eigenvalue weighted by Crippen LogP contribution is -2.24. The van der Waals surface area contributed by atoms with Crippen molar-refractivity contribution in [2.24, 2.45) is 0 Å². The first-order valence-electron chi connectivity index (χ1n) is 9.71.